The number of carbonyl (C=O) groups is 2. The zero-order chi connectivity index (χ0) is 10.4. The molecule has 0 N–H and O–H groups in total. The van der Waals surface area contributed by atoms with Gasteiger partial charge in [-0.1, -0.05) is 0 Å². The molecule has 0 aromatic rings. The van der Waals surface area contributed by atoms with Gasteiger partial charge >= 0.3 is 5.97 Å². The van der Waals surface area contributed by atoms with Crippen LogP contribution >= 0.6 is 0 Å². The maximum Gasteiger partial charge on any atom is 0.305 e. The van der Waals surface area contributed by atoms with Gasteiger partial charge in [-0.25, -0.2) is 0 Å². The minimum Gasteiger partial charge on any atom is -0.466 e. The number of amides is 1. The Morgan fingerprint density at radius 2 is 2.43 bits per heavy atom. The van der Waals surface area contributed by atoms with Crippen LogP contribution in [-0.4, -0.2) is 36.5 Å². The van der Waals surface area contributed by atoms with Crippen LogP contribution < -0.4 is 0 Å². The first kappa shape index (κ1) is 11.0. The van der Waals surface area contributed by atoms with Gasteiger partial charge in [0.05, 0.1) is 6.61 Å². The minimum atomic E-state index is -0.162. The van der Waals surface area contributed by atoms with E-state index in [1.165, 1.54) is 0 Å². The maximum absolute atomic E-state index is 11.1. The lowest BCUT2D eigenvalue weighted by Crippen LogP contribution is -2.28. The topological polar surface area (TPSA) is 46.6 Å². The Bertz CT molecular complexity index is 206. The highest BCUT2D eigenvalue weighted by atomic mass is 16.5. The summed E-state index contributed by atoms with van der Waals surface area (Å²) in [6, 6.07) is 0.247. The molecule has 1 heterocycles. The lowest BCUT2D eigenvalue weighted by atomic mass is 10.1. The highest BCUT2D eigenvalue weighted by molar-refractivity contribution is 5.69. The fourth-order valence-electron chi connectivity index (χ4n) is 1.82. The maximum atomic E-state index is 11.1. The second-order valence-corrected chi connectivity index (χ2v) is 3.48. The molecule has 1 unspecified atom stereocenters. The van der Waals surface area contributed by atoms with E-state index in [4.69, 9.17) is 4.74 Å². The van der Waals surface area contributed by atoms with Crippen LogP contribution in [0.15, 0.2) is 0 Å². The smallest absolute Gasteiger partial charge is 0.305 e. The molecule has 1 amide bonds. The molecule has 1 aliphatic rings. The van der Waals surface area contributed by atoms with E-state index in [0.29, 0.717) is 13.0 Å². The fraction of sp³-hybridized carbons (Fsp3) is 0.800. The van der Waals surface area contributed by atoms with Crippen molar-refractivity contribution in [3.8, 4) is 0 Å². The second-order valence-electron chi connectivity index (χ2n) is 3.48. The number of carbonyl (C=O) groups excluding carboxylic acids is 2. The molecule has 80 valence electrons. The third-order valence-corrected chi connectivity index (χ3v) is 2.55. The van der Waals surface area contributed by atoms with Crippen molar-refractivity contribution in [1.82, 2.24) is 4.90 Å². The van der Waals surface area contributed by atoms with E-state index in [9.17, 15) is 9.59 Å². The molecule has 4 nitrogen and oxygen atoms in total. The predicted octanol–water partition coefficient (Wildman–Crippen LogP) is 0.951. The fourth-order valence-corrected chi connectivity index (χ4v) is 1.82. The van der Waals surface area contributed by atoms with Gasteiger partial charge in [0, 0.05) is 19.0 Å². The first-order chi connectivity index (χ1) is 6.77. The Morgan fingerprint density at radius 1 is 1.64 bits per heavy atom. The van der Waals surface area contributed by atoms with Crippen molar-refractivity contribution < 1.29 is 14.3 Å². The van der Waals surface area contributed by atoms with Gasteiger partial charge in [-0.2, -0.15) is 0 Å². The van der Waals surface area contributed by atoms with Crippen molar-refractivity contribution in [2.75, 3.05) is 13.2 Å². The molecule has 1 aliphatic heterocycles. The van der Waals surface area contributed by atoms with E-state index in [0.717, 1.165) is 32.2 Å². The summed E-state index contributed by atoms with van der Waals surface area (Å²) in [5.41, 5.74) is 0. The van der Waals surface area contributed by atoms with Gasteiger partial charge in [-0.3, -0.25) is 9.59 Å². The van der Waals surface area contributed by atoms with E-state index in [-0.39, 0.29) is 12.0 Å². The van der Waals surface area contributed by atoms with Gasteiger partial charge < -0.3 is 9.64 Å². The largest absolute Gasteiger partial charge is 0.466 e. The zero-order valence-corrected chi connectivity index (χ0v) is 8.57. The molecule has 1 atom stereocenters. The minimum absolute atomic E-state index is 0.162. The van der Waals surface area contributed by atoms with Gasteiger partial charge in [-0.15, -0.1) is 0 Å². The Kier molecular flexibility index (Phi) is 4.43. The van der Waals surface area contributed by atoms with Gasteiger partial charge in [0.2, 0.25) is 6.41 Å². The van der Waals surface area contributed by atoms with E-state index in [2.05, 4.69) is 0 Å². The number of hydrogen-bond acceptors (Lipinski definition) is 3. The third kappa shape index (κ3) is 3.01. The summed E-state index contributed by atoms with van der Waals surface area (Å²) in [6.45, 7) is 3.06. The van der Waals surface area contributed by atoms with Crippen LogP contribution in [0.2, 0.25) is 0 Å². The van der Waals surface area contributed by atoms with Crippen molar-refractivity contribution >= 4 is 12.4 Å². The molecule has 0 aromatic carbocycles. The number of hydrogen-bond donors (Lipinski definition) is 0. The van der Waals surface area contributed by atoms with E-state index in [1.54, 1.807) is 11.8 Å². The Hall–Kier alpha value is -1.06. The molecule has 4 heteroatoms. The predicted molar refractivity (Wildman–Crippen MR) is 51.7 cm³/mol. The van der Waals surface area contributed by atoms with Crippen LogP contribution in [0.4, 0.5) is 0 Å². The number of nitrogens with zero attached hydrogens (tertiary/aromatic N) is 1. The van der Waals surface area contributed by atoms with Crippen LogP contribution in [0, 0.1) is 0 Å². The summed E-state index contributed by atoms with van der Waals surface area (Å²) >= 11 is 0. The number of rotatable bonds is 5. The van der Waals surface area contributed by atoms with Crippen LogP contribution in [0.5, 0.6) is 0 Å². The lowest BCUT2D eigenvalue weighted by molar-refractivity contribution is -0.143. The Morgan fingerprint density at radius 3 is 3.07 bits per heavy atom. The number of esters is 1. The third-order valence-electron chi connectivity index (χ3n) is 2.55. The van der Waals surface area contributed by atoms with Gasteiger partial charge in [0.25, 0.3) is 0 Å². The summed E-state index contributed by atoms with van der Waals surface area (Å²) in [5.74, 6) is -0.162. The van der Waals surface area contributed by atoms with Crippen molar-refractivity contribution in [3.05, 3.63) is 0 Å². The second kappa shape index (κ2) is 5.62. The summed E-state index contributed by atoms with van der Waals surface area (Å²) in [7, 11) is 0. The standard InChI is InChI=1S/C10H17NO3/c1-2-14-10(13)6-5-9-4-3-7-11(9)8-12/h8-9H,2-7H2,1H3. The molecule has 0 bridgehead atoms. The first-order valence-corrected chi connectivity index (χ1v) is 5.14. The molecule has 0 radical (unpaired) electrons. The average Bonchev–Trinajstić information content (AvgIpc) is 2.62. The van der Waals surface area contributed by atoms with E-state index < -0.39 is 0 Å². The normalized spacial score (nSPS) is 20.9. The van der Waals surface area contributed by atoms with Crippen LogP contribution in [0.25, 0.3) is 0 Å². The molecule has 1 fully saturated rings. The Labute approximate surface area is 84.2 Å². The van der Waals surface area contributed by atoms with Crippen molar-refractivity contribution in [3.63, 3.8) is 0 Å². The number of ether oxygens (including phenoxy) is 1. The molecule has 1 saturated heterocycles. The van der Waals surface area contributed by atoms with Crippen LogP contribution in [0.1, 0.15) is 32.6 Å². The van der Waals surface area contributed by atoms with Crippen molar-refractivity contribution in [2.24, 2.45) is 0 Å². The van der Waals surface area contributed by atoms with Gasteiger partial charge in [0.1, 0.15) is 0 Å². The molecule has 0 spiro atoms. The SMILES string of the molecule is CCOC(=O)CCC1CCCN1C=O. The van der Waals surface area contributed by atoms with Crippen LogP contribution in [-0.2, 0) is 14.3 Å². The quantitative estimate of drug-likeness (QED) is 0.489. The summed E-state index contributed by atoms with van der Waals surface area (Å²) in [4.78, 5) is 23.4. The zero-order valence-electron chi connectivity index (χ0n) is 8.57. The summed E-state index contributed by atoms with van der Waals surface area (Å²) in [6.07, 6.45) is 4.09. The lowest BCUT2D eigenvalue weighted by Gasteiger charge is -2.18. The Balaban J connectivity index is 2.23. The van der Waals surface area contributed by atoms with Gasteiger partial charge in [0.15, 0.2) is 0 Å². The molecule has 1 rings (SSSR count). The molecular formula is C10H17NO3. The summed E-state index contributed by atoms with van der Waals surface area (Å²) in [5, 5.41) is 0. The van der Waals surface area contributed by atoms with E-state index >= 15 is 0 Å². The first-order valence-electron chi connectivity index (χ1n) is 5.14. The molecule has 0 saturated carbocycles. The summed E-state index contributed by atoms with van der Waals surface area (Å²) < 4.78 is 4.82. The molecular weight excluding hydrogens is 182 g/mol. The van der Waals surface area contributed by atoms with Gasteiger partial charge in [-0.05, 0) is 26.2 Å². The molecule has 0 aromatic heterocycles. The monoisotopic (exact) mass is 199 g/mol. The molecule has 0 aliphatic carbocycles. The van der Waals surface area contributed by atoms with E-state index in [1.807, 2.05) is 0 Å². The number of likely N-dealkylation sites (tertiary alicyclic amines) is 1. The average molecular weight is 199 g/mol. The highest BCUT2D eigenvalue weighted by Crippen LogP contribution is 2.19. The van der Waals surface area contributed by atoms with Crippen LogP contribution in [0.3, 0.4) is 0 Å². The molecule has 14 heavy (non-hydrogen) atoms. The van der Waals surface area contributed by atoms with Crippen molar-refractivity contribution in [2.45, 2.75) is 38.6 Å². The van der Waals surface area contributed by atoms with Crippen molar-refractivity contribution in [1.29, 1.82) is 0 Å². The highest BCUT2D eigenvalue weighted by Gasteiger charge is 2.23.